The Bertz CT molecular complexity index is 4670. The van der Waals surface area contributed by atoms with Gasteiger partial charge in [-0.3, -0.25) is 39.1 Å². The minimum absolute atomic E-state index is 0. The summed E-state index contributed by atoms with van der Waals surface area (Å²) in [5, 5.41) is 17.8. The Labute approximate surface area is 627 Å². The summed E-state index contributed by atoms with van der Waals surface area (Å²) >= 11 is 5.73. The third-order valence-corrected chi connectivity index (χ3v) is 16.2. The zero-order valence-electron chi connectivity index (χ0n) is 57.5. The number of hydrogen-bond acceptors (Lipinski definition) is 20. The number of rotatable bonds is 16. The van der Waals surface area contributed by atoms with E-state index in [0.717, 1.165) is 106 Å². The van der Waals surface area contributed by atoms with Gasteiger partial charge < -0.3 is 43.8 Å². The zero-order valence-corrected chi connectivity index (χ0v) is 60.3. The largest absolute Gasteiger partial charge is 0.369 e. The third kappa shape index (κ3) is 21.8. The number of anilines is 1. The molecule has 3 atom stereocenters. The second-order valence-corrected chi connectivity index (χ2v) is 23.0. The second-order valence-electron chi connectivity index (χ2n) is 22.6. The number of halogens is 1. The van der Waals surface area contributed by atoms with Gasteiger partial charge in [0.05, 0.1) is 55.7 Å². The molecule has 24 nitrogen and oxygen atoms in total. The molecule has 4 amide bonds. The predicted octanol–water partition coefficient (Wildman–Crippen LogP) is 12.3. The molecule has 0 spiro atoms. The number of benzene rings is 4. The van der Waals surface area contributed by atoms with Crippen molar-refractivity contribution in [3.05, 3.63) is 239 Å². The highest BCUT2D eigenvalue weighted by Crippen LogP contribution is 2.30. The number of fused-ring (bicyclic) bond motifs is 4. The van der Waals surface area contributed by atoms with Crippen molar-refractivity contribution >= 4 is 117 Å². The van der Waals surface area contributed by atoms with Gasteiger partial charge in [0, 0.05) is 147 Å². The second kappa shape index (κ2) is 42.5. The first-order valence-corrected chi connectivity index (χ1v) is 32.0. The predicted molar refractivity (Wildman–Crippen MR) is 432 cm³/mol. The Kier molecular flexibility index (Phi) is 35.7. The van der Waals surface area contributed by atoms with Crippen LogP contribution < -0.4 is 43.8 Å². The molecule has 12 aromatic rings. The molecule has 0 fully saturated rings. The zero-order chi connectivity index (χ0) is 71.1. The number of nitrogens with one attached hydrogen (secondary N) is 5. The summed E-state index contributed by atoms with van der Waals surface area (Å²) in [4.78, 5) is 98.4. The number of nitrogens with zero attached hydrogens (tertiary/aromatic N) is 12. The highest BCUT2D eigenvalue weighted by atomic mass is 35.5. The Morgan fingerprint density at radius 2 is 0.769 bits per heavy atom. The van der Waals surface area contributed by atoms with Crippen molar-refractivity contribution < 1.29 is 19.2 Å². The van der Waals surface area contributed by atoms with Crippen LogP contribution in [0, 0.1) is 13.8 Å². The molecule has 8 aromatic heterocycles. The first kappa shape index (κ1) is 87.3. The van der Waals surface area contributed by atoms with Crippen molar-refractivity contribution in [2.24, 2.45) is 17.2 Å². The Morgan fingerprint density at radius 3 is 1.12 bits per heavy atom. The van der Waals surface area contributed by atoms with Crippen molar-refractivity contribution in [2.75, 3.05) is 59.7 Å². The van der Waals surface area contributed by atoms with Crippen molar-refractivity contribution in [1.82, 2.24) is 81.1 Å². The van der Waals surface area contributed by atoms with Crippen molar-refractivity contribution in [3.8, 4) is 22.5 Å². The molecule has 0 aliphatic heterocycles. The number of aryl methyl sites for hydroxylation is 2. The van der Waals surface area contributed by atoms with Gasteiger partial charge >= 0.3 is 0 Å². The molecule has 12 rings (SSSR count). The van der Waals surface area contributed by atoms with Crippen LogP contribution in [0.4, 0.5) is 5.82 Å². The van der Waals surface area contributed by atoms with Crippen LogP contribution in [0.5, 0.6) is 0 Å². The van der Waals surface area contributed by atoms with Crippen LogP contribution in [0.25, 0.3) is 71.7 Å². The first-order chi connectivity index (χ1) is 47.9. The lowest BCUT2D eigenvalue weighted by atomic mass is 9.96. The number of pyridine rings is 4. The lowest BCUT2D eigenvalue weighted by molar-refractivity contribution is 0.0956. The number of amides is 4. The minimum atomic E-state index is -0.127. The average Bonchev–Trinajstić information content (AvgIpc) is 0.809. The highest BCUT2D eigenvalue weighted by molar-refractivity contribution is 7.59. The van der Waals surface area contributed by atoms with Crippen LogP contribution in [0.15, 0.2) is 178 Å². The third-order valence-electron chi connectivity index (χ3n) is 16.0. The molecular weight excluding hydrogens is 1370 g/mol. The quantitative estimate of drug-likeness (QED) is 0.0417. The van der Waals surface area contributed by atoms with E-state index < -0.39 is 0 Å². The molecule has 4 aromatic carbocycles. The van der Waals surface area contributed by atoms with Gasteiger partial charge in [-0.15, -0.1) is 0 Å². The van der Waals surface area contributed by atoms with Crippen molar-refractivity contribution in [3.63, 3.8) is 0 Å². The van der Waals surface area contributed by atoms with E-state index in [1.165, 1.54) is 12.7 Å². The molecule has 0 saturated heterocycles. The van der Waals surface area contributed by atoms with Gasteiger partial charge in [0.2, 0.25) is 0 Å². The van der Waals surface area contributed by atoms with E-state index in [0.29, 0.717) is 59.4 Å². The Hall–Kier alpha value is -10.9. The van der Waals surface area contributed by atoms with Crippen molar-refractivity contribution in [2.45, 2.75) is 74.7 Å². The normalized spacial score (nSPS) is 11.0. The van der Waals surface area contributed by atoms with E-state index in [2.05, 4.69) is 114 Å². The van der Waals surface area contributed by atoms with E-state index in [1.807, 2.05) is 92.7 Å². The summed E-state index contributed by atoms with van der Waals surface area (Å²) < 4.78 is 0. The van der Waals surface area contributed by atoms with Crippen LogP contribution in [0.2, 0.25) is 5.15 Å². The summed E-state index contributed by atoms with van der Waals surface area (Å²) in [5.74, 6) is 2.31. The fraction of sp³-hybridized carbons (Fsp3) is 0.247. The topological polar surface area (TPSA) is 361 Å². The lowest BCUT2D eigenvalue weighted by Gasteiger charge is -2.16. The smallest absolute Gasteiger partial charge is 0.251 e. The van der Waals surface area contributed by atoms with Crippen LogP contribution in [-0.2, 0) is 0 Å². The maximum absolute atomic E-state index is 12.2. The lowest BCUT2D eigenvalue weighted by Crippen LogP contribution is -2.18. The summed E-state index contributed by atoms with van der Waals surface area (Å²) in [6.07, 6.45) is 16.5. The monoisotopic (exact) mass is 1460 g/mol. The maximum atomic E-state index is 12.2. The number of nitrogens with two attached hydrogens (primary N) is 3. The maximum Gasteiger partial charge on any atom is 0.251 e. The summed E-state index contributed by atoms with van der Waals surface area (Å²) in [5.41, 5.74) is 30.9. The van der Waals surface area contributed by atoms with Crippen LogP contribution in [0.1, 0.15) is 136 Å². The minimum Gasteiger partial charge on any atom is -0.369 e. The molecule has 0 bridgehead atoms. The van der Waals surface area contributed by atoms with Crippen LogP contribution >= 0.6 is 38.6 Å². The van der Waals surface area contributed by atoms with E-state index in [9.17, 15) is 19.2 Å². The van der Waals surface area contributed by atoms with E-state index in [4.69, 9.17) is 28.8 Å². The van der Waals surface area contributed by atoms with Crippen LogP contribution in [-0.4, -0.2) is 138 Å². The molecule has 0 saturated carbocycles. The highest BCUT2D eigenvalue weighted by Gasteiger charge is 2.19. The molecule has 0 aliphatic rings. The van der Waals surface area contributed by atoms with Gasteiger partial charge in [0.1, 0.15) is 35.3 Å². The number of carbonyl (C=O) groups is 4. The van der Waals surface area contributed by atoms with E-state index >= 15 is 0 Å². The van der Waals surface area contributed by atoms with Gasteiger partial charge in [0.25, 0.3) is 23.6 Å². The van der Waals surface area contributed by atoms with E-state index in [1.54, 1.807) is 108 Å². The number of carbonyl (C=O) groups excluding carboxylic acids is 4. The summed E-state index contributed by atoms with van der Waals surface area (Å²) in [6.45, 7) is 16.0. The van der Waals surface area contributed by atoms with Crippen LogP contribution in [0.3, 0.4) is 0 Å². The van der Waals surface area contributed by atoms with Gasteiger partial charge in [-0.1, -0.05) is 134 Å². The van der Waals surface area contributed by atoms with E-state index in [-0.39, 0.29) is 90.7 Å². The molecule has 546 valence electrons. The Morgan fingerprint density at radius 1 is 0.433 bits per heavy atom. The molecule has 27 heteroatoms. The SMILES string of the molecule is C.C.C.C=C(CN)c1cccc2c(C(=O)NC)ccnc12.CNC(=O)c1ccnc2c(C(C)CN)cccc12.CNC(=O)c1ccnc2c([C@H](C)CN)cccc12.CNC(=O)c1ccnc2c([C@H](C)CNc3cc(-c4cnc(C)nc4)ncn3)cccc12.Cc1ncc(-c2cc(Cl)ncn2)cn1.S.S. The molecular formula is C77H95ClN20O4S2. The molecule has 8 heterocycles. The molecule has 0 radical (unpaired) electrons. The number of para-hydroxylation sites is 4. The number of hydrogen-bond donors (Lipinski definition) is 8. The molecule has 1 unspecified atom stereocenters. The van der Waals surface area contributed by atoms with Gasteiger partial charge in [-0.25, -0.2) is 39.9 Å². The number of aromatic nitrogens is 12. The molecule has 11 N–H and O–H groups in total. The van der Waals surface area contributed by atoms with Gasteiger partial charge in [0.15, 0.2) is 0 Å². The van der Waals surface area contributed by atoms with Gasteiger partial charge in [-0.2, -0.15) is 27.0 Å². The standard InChI is InChI=1S/C23H23N7O.2C14H17N3O.C14H15N3O.C9H7ClN4.3CH4.2H2S/c1-14(17-5-4-6-18-19(23(31)24-3)7-8-25-22(17)18)10-28-21-9-20(29-13-30-21)16-11-26-15(2)27-12-16;3*1-9(8-15)10-4-3-5-11-12(14(18)16-2)6-7-17-13(10)11;1-6-11-3-7(4-12-6)8-2-9(10)14-5-13-8;;;;;/h4-9,11-14H,10H2,1-3H3,(H,24,31)(H,28,29,30);2*3-7,9H,8,15H2,1-2H3,(H,16,18);3-7H,1,8,15H2,2H3,(H,16,18);2-5H,1H3;3*1H4;2*1H2/t14-;9-;;;;;;;;/m11......../s1. The summed E-state index contributed by atoms with van der Waals surface area (Å²) in [6, 6.07) is 33.8. The molecule has 104 heavy (non-hydrogen) atoms. The van der Waals surface area contributed by atoms with Gasteiger partial charge in [-0.05, 0) is 85.3 Å². The fourth-order valence-electron chi connectivity index (χ4n) is 10.5. The summed E-state index contributed by atoms with van der Waals surface area (Å²) in [7, 11) is 6.49. The van der Waals surface area contributed by atoms with Crippen molar-refractivity contribution in [1.29, 1.82) is 0 Å². The fourth-order valence-corrected chi connectivity index (χ4v) is 10.6. The molecule has 0 aliphatic carbocycles. The Balaban J connectivity index is 0.000000343. The first-order valence-electron chi connectivity index (χ1n) is 31.7. The average molecular weight is 1460 g/mol.